The molecule has 0 aliphatic rings. The molecule has 1 aromatic rings. The summed E-state index contributed by atoms with van der Waals surface area (Å²) in [6.07, 6.45) is 12.5. The van der Waals surface area contributed by atoms with Gasteiger partial charge >= 0.3 is 0 Å². The maximum Gasteiger partial charge on any atom is 0.291 e. The van der Waals surface area contributed by atoms with Crippen molar-refractivity contribution in [2.45, 2.75) is 61.0 Å². The van der Waals surface area contributed by atoms with Gasteiger partial charge in [-0.15, -0.1) is 0 Å². The Balaban J connectivity index is 2.76. The Morgan fingerprint density at radius 2 is 1.86 bits per heavy atom. The zero-order valence-electron chi connectivity index (χ0n) is 19.1. The highest BCUT2D eigenvalue weighted by atomic mass is 16.6. The second kappa shape index (κ2) is 11.6. The van der Waals surface area contributed by atoms with Crippen LogP contribution in [0.1, 0.15) is 57.9 Å². The molecule has 4 nitrogen and oxygen atoms in total. The summed E-state index contributed by atoms with van der Waals surface area (Å²) in [5, 5.41) is 10.2. The molecule has 0 aliphatic carbocycles. The SMILES string of the molecule is C/C=C(\C)C(O)C(C)/C=C(C)/C=C/CC(C)/C=C\c1oc(OC)c(C)c(=O)c1C. The fraction of sp³-hybridized carbons (Fsp3) is 0.480. The third-order valence-electron chi connectivity index (χ3n) is 5.16. The van der Waals surface area contributed by atoms with E-state index in [0.29, 0.717) is 16.9 Å². The van der Waals surface area contributed by atoms with Gasteiger partial charge < -0.3 is 14.3 Å². The molecule has 0 aliphatic heterocycles. The van der Waals surface area contributed by atoms with Gasteiger partial charge in [-0.25, -0.2) is 0 Å². The minimum atomic E-state index is -0.449. The molecule has 0 amide bonds. The molecule has 0 saturated heterocycles. The van der Waals surface area contributed by atoms with Gasteiger partial charge in [0, 0.05) is 11.5 Å². The Morgan fingerprint density at radius 1 is 1.21 bits per heavy atom. The molecule has 0 radical (unpaired) electrons. The lowest BCUT2D eigenvalue weighted by molar-refractivity contribution is 0.173. The molecule has 3 unspecified atom stereocenters. The molecule has 0 saturated carbocycles. The Hall–Kier alpha value is -2.33. The predicted octanol–water partition coefficient (Wildman–Crippen LogP) is 5.77. The van der Waals surface area contributed by atoms with Gasteiger partial charge in [0.2, 0.25) is 0 Å². The number of allylic oxidation sites excluding steroid dienone is 5. The smallest absolute Gasteiger partial charge is 0.291 e. The molecule has 3 atom stereocenters. The molecule has 160 valence electrons. The Morgan fingerprint density at radius 3 is 2.45 bits per heavy atom. The molecule has 0 bridgehead atoms. The van der Waals surface area contributed by atoms with Crippen molar-refractivity contribution in [2.75, 3.05) is 7.11 Å². The van der Waals surface area contributed by atoms with Crippen LogP contribution in [0.15, 0.2) is 50.7 Å². The molecule has 0 fully saturated rings. The van der Waals surface area contributed by atoms with Crippen LogP contribution in [0.2, 0.25) is 0 Å². The van der Waals surface area contributed by atoms with Gasteiger partial charge in [-0.05, 0) is 58.6 Å². The van der Waals surface area contributed by atoms with Gasteiger partial charge in [0.25, 0.3) is 5.95 Å². The van der Waals surface area contributed by atoms with Gasteiger partial charge in [0.15, 0.2) is 5.43 Å². The first-order chi connectivity index (χ1) is 13.6. The van der Waals surface area contributed by atoms with Crippen molar-refractivity contribution in [3.8, 4) is 5.95 Å². The summed E-state index contributed by atoms with van der Waals surface area (Å²) in [4.78, 5) is 12.2. The number of ether oxygens (including phenoxy) is 1. The predicted molar refractivity (Wildman–Crippen MR) is 121 cm³/mol. The third kappa shape index (κ3) is 7.21. The monoisotopic (exact) mass is 400 g/mol. The van der Waals surface area contributed by atoms with Crippen molar-refractivity contribution < 1.29 is 14.3 Å². The molecule has 1 aromatic heterocycles. The summed E-state index contributed by atoms with van der Waals surface area (Å²) < 4.78 is 10.8. The highest BCUT2D eigenvalue weighted by Crippen LogP contribution is 2.21. The second-order valence-corrected chi connectivity index (χ2v) is 7.76. The fourth-order valence-corrected chi connectivity index (χ4v) is 3.04. The number of aliphatic hydroxyl groups excluding tert-OH is 1. The molecule has 1 heterocycles. The summed E-state index contributed by atoms with van der Waals surface area (Å²) in [6, 6.07) is 0. The number of aliphatic hydroxyl groups is 1. The van der Waals surface area contributed by atoms with E-state index in [0.717, 1.165) is 17.6 Å². The summed E-state index contributed by atoms with van der Waals surface area (Å²) in [5.41, 5.74) is 3.14. The Bertz CT molecular complexity index is 852. The maximum absolute atomic E-state index is 12.2. The number of rotatable bonds is 9. The van der Waals surface area contributed by atoms with Crippen molar-refractivity contribution in [1.29, 1.82) is 0 Å². The fourth-order valence-electron chi connectivity index (χ4n) is 3.04. The molecule has 29 heavy (non-hydrogen) atoms. The summed E-state index contributed by atoms with van der Waals surface area (Å²) in [6.45, 7) is 13.5. The maximum atomic E-state index is 12.2. The van der Waals surface area contributed by atoms with Crippen LogP contribution in [-0.4, -0.2) is 18.3 Å². The lowest BCUT2D eigenvalue weighted by atomic mass is 9.96. The van der Waals surface area contributed by atoms with E-state index in [1.165, 1.54) is 7.11 Å². The Labute approximate surface area is 175 Å². The van der Waals surface area contributed by atoms with E-state index in [-0.39, 0.29) is 23.2 Å². The number of methoxy groups -OCH3 is 1. The van der Waals surface area contributed by atoms with Crippen molar-refractivity contribution in [1.82, 2.24) is 0 Å². The highest BCUT2D eigenvalue weighted by Gasteiger charge is 2.13. The Kier molecular flexibility index (Phi) is 9.90. The minimum absolute atomic E-state index is 0.0504. The zero-order chi connectivity index (χ0) is 22.1. The van der Waals surface area contributed by atoms with E-state index in [2.05, 4.69) is 25.2 Å². The highest BCUT2D eigenvalue weighted by molar-refractivity contribution is 5.49. The van der Waals surface area contributed by atoms with E-state index < -0.39 is 6.10 Å². The van der Waals surface area contributed by atoms with E-state index in [1.807, 2.05) is 45.9 Å². The van der Waals surface area contributed by atoms with Crippen molar-refractivity contribution in [2.24, 2.45) is 11.8 Å². The average Bonchev–Trinajstić information content (AvgIpc) is 2.70. The minimum Gasteiger partial charge on any atom is -0.468 e. The summed E-state index contributed by atoms with van der Waals surface area (Å²) in [5.74, 6) is 1.14. The van der Waals surface area contributed by atoms with E-state index in [9.17, 15) is 9.90 Å². The summed E-state index contributed by atoms with van der Waals surface area (Å²) >= 11 is 0. The number of hydrogen-bond acceptors (Lipinski definition) is 4. The largest absolute Gasteiger partial charge is 0.468 e. The lowest BCUT2D eigenvalue weighted by Gasteiger charge is -2.16. The molecule has 0 aromatic carbocycles. The van der Waals surface area contributed by atoms with Crippen LogP contribution in [0.4, 0.5) is 0 Å². The molecule has 4 heteroatoms. The van der Waals surface area contributed by atoms with Crippen LogP contribution in [0.5, 0.6) is 5.95 Å². The van der Waals surface area contributed by atoms with Gasteiger partial charge in [-0.3, -0.25) is 4.79 Å². The normalized spacial score (nSPS) is 16.4. The van der Waals surface area contributed by atoms with Crippen LogP contribution in [0.3, 0.4) is 0 Å². The standard InChI is InChI=1S/C25H36O4/c1-9-18(4)23(26)19(5)15-17(3)12-10-11-16(2)13-14-22-20(6)24(27)21(7)25(28-8)29-22/h9-10,12-16,19,23,26H,11H2,1-8H3/b12-10+,14-13-,17-15+,18-9+. The topological polar surface area (TPSA) is 59.7 Å². The second-order valence-electron chi connectivity index (χ2n) is 7.76. The molecular formula is C25H36O4. The lowest BCUT2D eigenvalue weighted by Crippen LogP contribution is -2.17. The first kappa shape index (κ1) is 24.7. The van der Waals surface area contributed by atoms with E-state index in [1.54, 1.807) is 13.8 Å². The van der Waals surface area contributed by atoms with Gasteiger partial charge in [-0.1, -0.05) is 49.8 Å². The quantitative estimate of drug-likeness (QED) is 0.422. The molecular weight excluding hydrogens is 364 g/mol. The average molecular weight is 401 g/mol. The van der Waals surface area contributed by atoms with Crippen LogP contribution in [0, 0.1) is 25.7 Å². The van der Waals surface area contributed by atoms with Crippen molar-refractivity contribution in [3.63, 3.8) is 0 Å². The van der Waals surface area contributed by atoms with Crippen LogP contribution in [-0.2, 0) is 0 Å². The third-order valence-corrected chi connectivity index (χ3v) is 5.16. The van der Waals surface area contributed by atoms with Crippen LogP contribution >= 0.6 is 0 Å². The summed E-state index contributed by atoms with van der Waals surface area (Å²) in [7, 11) is 1.50. The first-order valence-electron chi connectivity index (χ1n) is 10.1. The first-order valence-corrected chi connectivity index (χ1v) is 10.1. The molecule has 0 spiro atoms. The van der Waals surface area contributed by atoms with E-state index >= 15 is 0 Å². The van der Waals surface area contributed by atoms with Gasteiger partial charge in [-0.2, -0.15) is 0 Å². The number of hydrogen-bond donors (Lipinski definition) is 1. The molecule has 1 rings (SSSR count). The van der Waals surface area contributed by atoms with Gasteiger partial charge in [0.1, 0.15) is 5.76 Å². The zero-order valence-corrected chi connectivity index (χ0v) is 19.1. The van der Waals surface area contributed by atoms with Crippen LogP contribution < -0.4 is 10.2 Å². The van der Waals surface area contributed by atoms with Gasteiger partial charge in [0.05, 0.1) is 18.8 Å². The van der Waals surface area contributed by atoms with Crippen molar-refractivity contribution >= 4 is 6.08 Å². The molecule has 1 N–H and O–H groups in total. The van der Waals surface area contributed by atoms with E-state index in [4.69, 9.17) is 9.15 Å². The van der Waals surface area contributed by atoms with Crippen LogP contribution in [0.25, 0.3) is 6.08 Å². The van der Waals surface area contributed by atoms with Crippen molar-refractivity contribution in [3.05, 3.63) is 68.6 Å².